The molecule has 28 heavy (non-hydrogen) atoms. The van der Waals surface area contributed by atoms with Gasteiger partial charge in [0.25, 0.3) is 5.56 Å². The molecule has 7 heteroatoms. The van der Waals surface area contributed by atoms with E-state index in [0.717, 1.165) is 25.7 Å². The van der Waals surface area contributed by atoms with Gasteiger partial charge >= 0.3 is 6.03 Å². The highest BCUT2D eigenvalue weighted by molar-refractivity contribution is 5.89. The third kappa shape index (κ3) is 3.88. The molecule has 2 N–H and O–H groups in total. The van der Waals surface area contributed by atoms with Crippen molar-refractivity contribution < 1.29 is 9.18 Å². The number of carbonyl (C=O) groups is 1. The number of urea groups is 1. The first-order valence-electron chi connectivity index (χ1n) is 9.41. The van der Waals surface area contributed by atoms with Gasteiger partial charge < -0.3 is 15.2 Å². The maximum absolute atomic E-state index is 13.1. The zero-order valence-electron chi connectivity index (χ0n) is 15.3. The number of amides is 2. The molecule has 1 saturated carbocycles. The Morgan fingerprint density at radius 1 is 1.14 bits per heavy atom. The van der Waals surface area contributed by atoms with E-state index in [-0.39, 0.29) is 30.0 Å². The summed E-state index contributed by atoms with van der Waals surface area (Å²) in [7, 11) is 0. The molecule has 1 aliphatic rings. The van der Waals surface area contributed by atoms with Gasteiger partial charge in [0, 0.05) is 11.7 Å². The van der Waals surface area contributed by atoms with Crippen LogP contribution in [0.15, 0.2) is 53.3 Å². The number of H-pyrrole nitrogens is 1. The minimum atomic E-state index is -0.358. The minimum Gasteiger partial charge on any atom is -0.314 e. The molecule has 2 amide bonds. The predicted molar refractivity (Wildman–Crippen MR) is 106 cm³/mol. The fourth-order valence-electron chi connectivity index (χ4n) is 3.68. The second-order valence-electron chi connectivity index (χ2n) is 7.03. The van der Waals surface area contributed by atoms with Crippen LogP contribution in [-0.2, 0) is 6.54 Å². The number of nitrogens with zero attached hydrogens (tertiary/aromatic N) is 2. The fraction of sp³-hybridized carbons (Fsp3) is 0.286. The van der Waals surface area contributed by atoms with E-state index in [1.165, 1.54) is 24.3 Å². The first-order chi connectivity index (χ1) is 13.6. The monoisotopic (exact) mass is 380 g/mol. The molecule has 0 radical (unpaired) electrons. The number of hydrogen-bond donors (Lipinski definition) is 2. The van der Waals surface area contributed by atoms with Gasteiger partial charge in [-0.15, -0.1) is 0 Å². The van der Waals surface area contributed by atoms with Crippen LogP contribution in [0.1, 0.15) is 31.5 Å². The number of para-hydroxylation sites is 1. The predicted octanol–water partition coefficient (Wildman–Crippen LogP) is 4.04. The molecule has 0 unspecified atom stereocenters. The lowest BCUT2D eigenvalue weighted by Crippen LogP contribution is -2.41. The highest BCUT2D eigenvalue weighted by atomic mass is 19.1. The molecule has 4 rings (SSSR count). The number of nitrogens with one attached hydrogen (secondary N) is 2. The smallest absolute Gasteiger partial charge is 0.314 e. The number of fused-ring (bicyclic) bond motifs is 1. The first kappa shape index (κ1) is 18.2. The lowest BCUT2D eigenvalue weighted by Gasteiger charge is -2.28. The van der Waals surface area contributed by atoms with Gasteiger partial charge in [-0.1, -0.05) is 25.0 Å². The minimum absolute atomic E-state index is 0.0808. The number of halogens is 1. The molecule has 1 fully saturated rings. The summed E-state index contributed by atoms with van der Waals surface area (Å²) < 4.78 is 13.1. The molecule has 2 aromatic carbocycles. The Kier molecular flexibility index (Phi) is 5.06. The zero-order valence-corrected chi connectivity index (χ0v) is 15.3. The van der Waals surface area contributed by atoms with Crippen LogP contribution in [0.5, 0.6) is 0 Å². The van der Waals surface area contributed by atoms with Gasteiger partial charge in [-0.2, -0.15) is 0 Å². The SMILES string of the molecule is O=C(Nc1ccc(F)cc1)N(Cc1nc2ccccc2c(=O)[nH]1)C1CCCC1. The van der Waals surface area contributed by atoms with Gasteiger partial charge in [-0.25, -0.2) is 14.2 Å². The molecule has 6 nitrogen and oxygen atoms in total. The normalized spacial score (nSPS) is 14.3. The van der Waals surface area contributed by atoms with Crippen LogP contribution in [-0.4, -0.2) is 26.9 Å². The van der Waals surface area contributed by atoms with Gasteiger partial charge in [0.2, 0.25) is 0 Å². The van der Waals surface area contributed by atoms with Crippen molar-refractivity contribution in [2.45, 2.75) is 38.3 Å². The van der Waals surface area contributed by atoms with Crippen molar-refractivity contribution in [1.82, 2.24) is 14.9 Å². The van der Waals surface area contributed by atoms with Gasteiger partial charge in [-0.05, 0) is 49.2 Å². The van der Waals surface area contributed by atoms with Crippen LogP contribution in [0.2, 0.25) is 0 Å². The summed E-state index contributed by atoms with van der Waals surface area (Å²) in [6, 6.07) is 12.6. The summed E-state index contributed by atoms with van der Waals surface area (Å²) in [6.45, 7) is 0.206. The summed E-state index contributed by atoms with van der Waals surface area (Å²) in [5, 5.41) is 3.34. The molecule has 0 spiro atoms. The maximum Gasteiger partial charge on any atom is 0.322 e. The standard InChI is InChI=1S/C21H21FN4O2/c22-14-9-11-15(12-10-14)23-21(28)26(16-5-1-2-6-16)13-19-24-18-8-4-3-7-17(18)20(27)25-19/h3-4,7-12,16H,1-2,5-6,13H2,(H,23,28)(H,24,25,27). The van der Waals surface area contributed by atoms with Crippen molar-refractivity contribution in [1.29, 1.82) is 0 Å². The van der Waals surface area contributed by atoms with Crippen LogP contribution in [0.3, 0.4) is 0 Å². The van der Waals surface area contributed by atoms with E-state index in [4.69, 9.17) is 0 Å². The number of anilines is 1. The molecule has 0 saturated heterocycles. The maximum atomic E-state index is 13.1. The van der Waals surface area contributed by atoms with Gasteiger partial charge in [0.05, 0.1) is 17.4 Å². The number of benzene rings is 2. The number of hydrogen-bond acceptors (Lipinski definition) is 3. The number of carbonyl (C=O) groups excluding carboxylic acids is 1. The van der Waals surface area contributed by atoms with Crippen molar-refractivity contribution in [3.63, 3.8) is 0 Å². The van der Waals surface area contributed by atoms with E-state index < -0.39 is 0 Å². The van der Waals surface area contributed by atoms with E-state index in [0.29, 0.717) is 22.4 Å². The molecule has 144 valence electrons. The number of aromatic nitrogens is 2. The topological polar surface area (TPSA) is 78.1 Å². The Labute approximate surface area is 161 Å². The summed E-state index contributed by atoms with van der Waals surface area (Å²) in [5.74, 6) is 0.0912. The Balaban J connectivity index is 1.60. The van der Waals surface area contributed by atoms with Crippen molar-refractivity contribution >= 4 is 22.6 Å². The molecule has 0 atom stereocenters. The lowest BCUT2D eigenvalue weighted by molar-refractivity contribution is 0.182. The molecule has 1 aromatic heterocycles. The zero-order chi connectivity index (χ0) is 19.5. The van der Waals surface area contributed by atoms with Gasteiger partial charge in [-0.3, -0.25) is 4.79 Å². The van der Waals surface area contributed by atoms with Crippen LogP contribution >= 0.6 is 0 Å². The van der Waals surface area contributed by atoms with Crippen LogP contribution in [0.4, 0.5) is 14.9 Å². The van der Waals surface area contributed by atoms with Crippen molar-refractivity contribution in [2.24, 2.45) is 0 Å². The van der Waals surface area contributed by atoms with Crippen LogP contribution in [0.25, 0.3) is 10.9 Å². The van der Waals surface area contributed by atoms with Crippen LogP contribution in [0, 0.1) is 5.82 Å². The summed E-state index contributed by atoms with van der Waals surface area (Å²) in [4.78, 5) is 34.3. The van der Waals surface area contributed by atoms with Crippen molar-refractivity contribution in [3.05, 3.63) is 70.5 Å². The molecule has 0 aliphatic heterocycles. The quantitative estimate of drug-likeness (QED) is 0.717. The molecule has 0 bridgehead atoms. The van der Waals surface area contributed by atoms with Crippen molar-refractivity contribution in [3.8, 4) is 0 Å². The van der Waals surface area contributed by atoms with Gasteiger partial charge in [0.15, 0.2) is 0 Å². The lowest BCUT2D eigenvalue weighted by atomic mass is 10.2. The van der Waals surface area contributed by atoms with Crippen molar-refractivity contribution in [2.75, 3.05) is 5.32 Å². The van der Waals surface area contributed by atoms with E-state index >= 15 is 0 Å². The number of aromatic amines is 1. The highest BCUT2D eigenvalue weighted by Gasteiger charge is 2.27. The second-order valence-corrected chi connectivity index (χ2v) is 7.03. The Bertz CT molecular complexity index is 1040. The third-order valence-corrected chi connectivity index (χ3v) is 5.10. The number of rotatable bonds is 4. The molecule has 1 aliphatic carbocycles. The Morgan fingerprint density at radius 2 is 1.86 bits per heavy atom. The third-order valence-electron chi connectivity index (χ3n) is 5.10. The highest BCUT2D eigenvalue weighted by Crippen LogP contribution is 2.25. The summed E-state index contributed by atoms with van der Waals surface area (Å²) in [5.41, 5.74) is 0.909. The van der Waals surface area contributed by atoms with Crippen LogP contribution < -0.4 is 10.9 Å². The van der Waals surface area contributed by atoms with E-state index in [9.17, 15) is 14.0 Å². The largest absolute Gasteiger partial charge is 0.322 e. The molecule has 1 heterocycles. The van der Waals surface area contributed by atoms with E-state index in [1.54, 1.807) is 23.1 Å². The second kappa shape index (κ2) is 7.80. The average molecular weight is 380 g/mol. The van der Waals surface area contributed by atoms with Gasteiger partial charge in [0.1, 0.15) is 11.6 Å². The summed E-state index contributed by atoms with van der Waals surface area (Å²) >= 11 is 0. The van der Waals surface area contributed by atoms with E-state index in [1.807, 2.05) is 6.07 Å². The molecule has 3 aromatic rings. The average Bonchev–Trinajstić information content (AvgIpc) is 3.22. The van der Waals surface area contributed by atoms with E-state index in [2.05, 4.69) is 15.3 Å². The molecular weight excluding hydrogens is 359 g/mol. The Hall–Kier alpha value is -3.22. The first-order valence-corrected chi connectivity index (χ1v) is 9.41. The Morgan fingerprint density at radius 3 is 2.61 bits per heavy atom. The molecular formula is C21H21FN4O2. The fourth-order valence-corrected chi connectivity index (χ4v) is 3.68. The summed E-state index contributed by atoms with van der Waals surface area (Å²) in [6.07, 6.45) is 3.95.